The molecule has 4 nitrogen and oxygen atoms in total. The Morgan fingerprint density at radius 3 is 2.61 bits per heavy atom. The number of nitrogens with one attached hydrogen (secondary N) is 1. The first-order chi connectivity index (χ1) is 11.1. The van der Waals surface area contributed by atoms with Crippen molar-refractivity contribution in [1.82, 2.24) is 4.90 Å². The normalized spacial score (nSPS) is 17.1. The first-order valence-electron chi connectivity index (χ1n) is 7.89. The summed E-state index contributed by atoms with van der Waals surface area (Å²) in [5.74, 6) is -0.190. The SMILES string of the molecule is Cc1cccc(NC(=O)[C@H]2CCCN2C(=O)c2ccccc2)c1. The summed E-state index contributed by atoms with van der Waals surface area (Å²) < 4.78 is 0. The molecule has 1 fully saturated rings. The van der Waals surface area contributed by atoms with E-state index in [1.165, 1.54) is 0 Å². The second-order valence-electron chi connectivity index (χ2n) is 5.88. The number of benzene rings is 2. The van der Waals surface area contributed by atoms with Crippen molar-refractivity contribution in [3.63, 3.8) is 0 Å². The van der Waals surface area contributed by atoms with Crippen LogP contribution in [0.2, 0.25) is 0 Å². The number of hydrogen-bond acceptors (Lipinski definition) is 2. The number of aryl methyl sites for hydroxylation is 1. The molecule has 2 aromatic carbocycles. The van der Waals surface area contributed by atoms with Crippen molar-refractivity contribution in [2.75, 3.05) is 11.9 Å². The van der Waals surface area contributed by atoms with E-state index in [9.17, 15) is 9.59 Å². The highest BCUT2D eigenvalue weighted by molar-refractivity contribution is 6.01. The number of likely N-dealkylation sites (tertiary alicyclic amines) is 1. The van der Waals surface area contributed by atoms with E-state index in [4.69, 9.17) is 0 Å². The van der Waals surface area contributed by atoms with Crippen molar-refractivity contribution >= 4 is 17.5 Å². The number of carbonyl (C=O) groups excluding carboxylic acids is 2. The van der Waals surface area contributed by atoms with Crippen molar-refractivity contribution < 1.29 is 9.59 Å². The maximum atomic E-state index is 12.6. The Morgan fingerprint density at radius 2 is 1.87 bits per heavy atom. The van der Waals surface area contributed by atoms with Crippen LogP contribution in [0.15, 0.2) is 54.6 Å². The van der Waals surface area contributed by atoms with Gasteiger partial charge in [0.1, 0.15) is 6.04 Å². The minimum Gasteiger partial charge on any atom is -0.327 e. The number of anilines is 1. The zero-order valence-electron chi connectivity index (χ0n) is 13.2. The molecule has 0 unspecified atom stereocenters. The van der Waals surface area contributed by atoms with E-state index in [2.05, 4.69) is 5.32 Å². The lowest BCUT2D eigenvalue weighted by Gasteiger charge is -2.24. The van der Waals surface area contributed by atoms with Crippen LogP contribution in [0.1, 0.15) is 28.8 Å². The van der Waals surface area contributed by atoms with Crippen LogP contribution in [-0.4, -0.2) is 29.3 Å². The molecule has 0 bridgehead atoms. The smallest absolute Gasteiger partial charge is 0.254 e. The van der Waals surface area contributed by atoms with Gasteiger partial charge in [-0.15, -0.1) is 0 Å². The van der Waals surface area contributed by atoms with Crippen LogP contribution in [0.25, 0.3) is 0 Å². The Bertz CT molecular complexity index is 712. The van der Waals surface area contributed by atoms with Gasteiger partial charge in [-0.2, -0.15) is 0 Å². The molecule has 1 aliphatic rings. The van der Waals surface area contributed by atoms with Crippen molar-refractivity contribution in [3.05, 3.63) is 65.7 Å². The van der Waals surface area contributed by atoms with Gasteiger partial charge in [0.2, 0.25) is 5.91 Å². The van der Waals surface area contributed by atoms with Crippen molar-refractivity contribution in [2.45, 2.75) is 25.8 Å². The van der Waals surface area contributed by atoms with Crippen LogP contribution in [0, 0.1) is 6.92 Å². The minimum absolute atomic E-state index is 0.0764. The van der Waals surface area contributed by atoms with Crippen molar-refractivity contribution in [2.24, 2.45) is 0 Å². The molecule has 0 aromatic heterocycles. The zero-order valence-corrected chi connectivity index (χ0v) is 13.2. The summed E-state index contributed by atoms with van der Waals surface area (Å²) in [5, 5.41) is 2.93. The molecule has 1 aliphatic heterocycles. The number of carbonyl (C=O) groups is 2. The molecule has 23 heavy (non-hydrogen) atoms. The molecule has 3 rings (SSSR count). The molecular weight excluding hydrogens is 288 g/mol. The lowest BCUT2D eigenvalue weighted by Crippen LogP contribution is -2.43. The largest absolute Gasteiger partial charge is 0.327 e. The Labute approximate surface area is 136 Å². The van der Waals surface area contributed by atoms with E-state index in [-0.39, 0.29) is 11.8 Å². The average molecular weight is 308 g/mol. The predicted molar refractivity (Wildman–Crippen MR) is 90.3 cm³/mol. The number of rotatable bonds is 3. The lowest BCUT2D eigenvalue weighted by atomic mass is 10.1. The topological polar surface area (TPSA) is 49.4 Å². The molecule has 2 amide bonds. The Balaban J connectivity index is 1.73. The highest BCUT2D eigenvalue weighted by Crippen LogP contribution is 2.22. The summed E-state index contributed by atoms with van der Waals surface area (Å²) in [6.07, 6.45) is 1.56. The van der Waals surface area contributed by atoms with Gasteiger partial charge in [-0.3, -0.25) is 9.59 Å². The Kier molecular flexibility index (Phi) is 4.42. The minimum atomic E-state index is -0.400. The molecule has 1 atom stereocenters. The molecule has 4 heteroatoms. The molecule has 0 spiro atoms. The number of amides is 2. The second-order valence-corrected chi connectivity index (χ2v) is 5.88. The van der Waals surface area contributed by atoms with Gasteiger partial charge in [-0.1, -0.05) is 30.3 Å². The Morgan fingerprint density at radius 1 is 1.09 bits per heavy atom. The molecule has 1 N–H and O–H groups in total. The third-order valence-corrected chi connectivity index (χ3v) is 4.12. The second kappa shape index (κ2) is 6.65. The molecule has 1 heterocycles. The third kappa shape index (κ3) is 3.42. The summed E-state index contributed by atoms with van der Waals surface area (Å²) in [5.41, 5.74) is 2.49. The number of nitrogens with zero attached hydrogens (tertiary/aromatic N) is 1. The molecule has 0 radical (unpaired) electrons. The quantitative estimate of drug-likeness (QED) is 0.946. The lowest BCUT2D eigenvalue weighted by molar-refractivity contribution is -0.119. The highest BCUT2D eigenvalue weighted by Gasteiger charge is 2.34. The monoisotopic (exact) mass is 308 g/mol. The van der Waals surface area contributed by atoms with E-state index < -0.39 is 6.04 Å². The maximum absolute atomic E-state index is 12.6. The van der Waals surface area contributed by atoms with Crippen LogP contribution in [0.5, 0.6) is 0 Å². The molecule has 0 saturated carbocycles. The summed E-state index contributed by atoms with van der Waals surface area (Å²) in [4.78, 5) is 26.9. The Hall–Kier alpha value is -2.62. The fourth-order valence-electron chi connectivity index (χ4n) is 2.98. The first-order valence-corrected chi connectivity index (χ1v) is 7.89. The van der Waals surface area contributed by atoms with Gasteiger partial charge in [0, 0.05) is 17.8 Å². The molecule has 118 valence electrons. The van der Waals surface area contributed by atoms with Gasteiger partial charge in [0.15, 0.2) is 0 Å². The van der Waals surface area contributed by atoms with Gasteiger partial charge in [0.25, 0.3) is 5.91 Å². The third-order valence-electron chi connectivity index (χ3n) is 4.12. The summed E-state index contributed by atoms with van der Waals surface area (Å²) >= 11 is 0. The van der Waals surface area contributed by atoms with Crippen LogP contribution >= 0.6 is 0 Å². The van der Waals surface area contributed by atoms with Gasteiger partial charge in [-0.05, 0) is 49.6 Å². The highest BCUT2D eigenvalue weighted by atomic mass is 16.2. The zero-order chi connectivity index (χ0) is 16.2. The van der Waals surface area contributed by atoms with Crippen molar-refractivity contribution in [3.8, 4) is 0 Å². The standard InChI is InChI=1S/C19H20N2O2/c1-14-7-5-10-16(13-14)20-18(22)17-11-6-12-21(17)19(23)15-8-3-2-4-9-15/h2-5,7-10,13,17H,6,11-12H2,1H3,(H,20,22)/t17-/m1/s1. The van der Waals surface area contributed by atoms with E-state index in [1.54, 1.807) is 17.0 Å². The molecule has 0 aliphatic carbocycles. The fraction of sp³-hybridized carbons (Fsp3) is 0.263. The first kappa shape index (κ1) is 15.3. The predicted octanol–water partition coefficient (Wildman–Crippen LogP) is 3.24. The number of hydrogen-bond donors (Lipinski definition) is 1. The van der Waals surface area contributed by atoms with Crippen LogP contribution < -0.4 is 5.32 Å². The van der Waals surface area contributed by atoms with Crippen LogP contribution in [0.3, 0.4) is 0 Å². The molecule has 1 saturated heterocycles. The van der Waals surface area contributed by atoms with Crippen LogP contribution in [0.4, 0.5) is 5.69 Å². The fourth-order valence-corrected chi connectivity index (χ4v) is 2.98. The van der Waals surface area contributed by atoms with Crippen molar-refractivity contribution in [1.29, 1.82) is 0 Å². The van der Waals surface area contributed by atoms with Crippen LogP contribution in [-0.2, 0) is 4.79 Å². The van der Waals surface area contributed by atoms with Gasteiger partial charge < -0.3 is 10.2 Å². The average Bonchev–Trinajstić information content (AvgIpc) is 3.05. The van der Waals surface area contributed by atoms with E-state index in [0.29, 0.717) is 18.5 Å². The summed E-state index contributed by atoms with van der Waals surface area (Å²) in [6.45, 7) is 2.61. The summed E-state index contributed by atoms with van der Waals surface area (Å²) in [7, 11) is 0. The molecular formula is C19H20N2O2. The van der Waals surface area contributed by atoms with E-state index in [1.807, 2.05) is 49.4 Å². The summed E-state index contributed by atoms with van der Waals surface area (Å²) in [6, 6.07) is 16.4. The van der Waals surface area contributed by atoms with Gasteiger partial charge in [-0.25, -0.2) is 0 Å². The molecule has 2 aromatic rings. The maximum Gasteiger partial charge on any atom is 0.254 e. The van der Waals surface area contributed by atoms with Gasteiger partial charge >= 0.3 is 0 Å². The van der Waals surface area contributed by atoms with Gasteiger partial charge in [0.05, 0.1) is 0 Å². The van der Waals surface area contributed by atoms with E-state index in [0.717, 1.165) is 17.7 Å². The van der Waals surface area contributed by atoms with E-state index >= 15 is 0 Å².